The number of carboxylic acids is 1. The summed E-state index contributed by atoms with van der Waals surface area (Å²) in [6.07, 6.45) is 0. The summed E-state index contributed by atoms with van der Waals surface area (Å²) in [5.41, 5.74) is 2.51. The lowest BCUT2D eigenvalue weighted by molar-refractivity contribution is 0.0700. The molecular weight excluding hydrogens is 262 g/mol. The average molecular weight is 272 g/mol. The zero-order valence-electron chi connectivity index (χ0n) is 9.85. The van der Waals surface area contributed by atoms with E-state index in [4.69, 9.17) is 11.6 Å². The molecule has 0 radical (unpaired) electrons. The molecule has 2 N–H and O–H groups in total. The second kappa shape index (κ2) is 4.44. The fourth-order valence-electron chi connectivity index (χ4n) is 2.20. The summed E-state index contributed by atoms with van der Waals surface area (Å²) in [5.74, 6) is -0.942. The topological polar surface area (TPSA) is 53.1 Å². The van der Waals surface area contributed by atoms with Gasteiger partial charge < -0.3 is 10.1 Å². The number of nitrogens with one attached hydrogen (secondary N) is 1. The quantitative estimate of drug-likeness (QED) is 0.734. The minimum absolute atomic E-state index is 0.290. The highest BCUT2D eigenvalue weighted by Gasteiger charge is 2.18. The summed E-state index contributed by atoms with van der Waals surface area (Å²) in [6, 6.07) is 14.5. The molecule has 0 saturated heterocycles. The Morgan fingerprint density at radius 3 is 2.42 bits per heavy atom. The molecule has 0 amide bonds. The van der Waals surface area contributed by atoms with Gasteiger partial charge in [-0.15, -0.1) is 0 Å². The van der Waals surface area contributed by atoms with Gasteiger partial charge in [0, 0.05) is 15.9 Å². The van der Waals surface area contributed by atoms with Gasteiger partial charge in [-0.05, 0) is 23.8 Å². The number of benzene rings is 2. The number of aromatic nitrogens is 1. The van der Waals surface area contributed by atoms with Crippen LogP contribution in [0.4, 0.5) is 0 Å². The van der Waals surface area contributed by atoms with Crippen molar-refractivity contribution in [3.8, 4) is 11.3 Å². The minimum atomic E-state index is -0.942. The highest BCUT2D eigenvalue weighted by molar-refractivity contribution is 6.30. The summed E-state index contributed by atoms with van der Waals surface area (Å²) in [5, 5.41) is 10.8. The van der Waals surface area contributed by atoms with E-state index in [1.54, 1.807) is 30.3 Å². The molecule has 0 atom stereocenters. The van der Waals surface area contributed by atoms with Gasteiger partial charge in [-0.25, -0.2) is 4.79 Å². The normalized spacial score (nSPS) is 10.8. The Labute approximate surface area is 114 Å². The molecule has 1 aromatic heterocycles. The number of para-hydroxylation sites is 1. The first-order chi connectivity index (χ1) is 9.16. The Bertz CT molecular complexity index is 759. The lowest BCUT2D eigenvalue weighted by Gasteiger charge is -2.01. The number of rotatable bonds is 2. The summed E-state index contributed by atoms with van der Waals surface area (Å²) >= 11 is 5.85. The number of aromatic carboxylic acids is 1. The largest absolute Gasteiger partial charge is 0.478 e. The van der Waals surface area contributed by atoms with Crippen LogP contribution in [-0.4, -0.2) is 16.1 Å². The average Bonchev–Trinajstić information content (AvgIpc) is 2.78. The van der Waals surface area contributed by atoms with E-state index in [-0.39, 0.29) is 5.56 Å². The number of fused-ring (bicyclic) bond motifs is 1. The van der Waals surface area contributed by atoms with E-state index in [9.17, 15) is 9.90 Å². The van der Waals surface area contributed by atoms with E-state index < -0.39 is 5.97 Å². The third kappa shape index (κ3) is 1.98. The van der Waals surface area contributed by atoms with E-state index in [0.717, 1.165) is 11.1 Å². The predicted octanol–water partition coefficient (Wildman–Crippen LogP) is 4.19. The zero-order valence-corrected chi connectivity index (χ0v) is 10.6. The Morgan fingerprint density at radius 1 is 1.05 bits per heavy atom. The fraction of sp³-hybridized carbons (Fsp3) is 0. The van der Waals surface area contributed by atoms with Crippen molar-refractivity contribution in [3.05, 3.63) is 59.1 Å². The minimum Gasteiger partial charge on any atom is -0.478 e. The molecule has 0 aliphatic heterocycles. The number of hydrogen-bond donors (Lipinski definition) is 2. The molecular formula is C15H10ClNO2. The van der Waals surface area contributed by atoms with Gasteiger partial charge in [-0.3, -0.25) is 0 Å². The first kappa shape index (κ1) is 11.8. The van der Waals surface area contributed by atoms with Crippen molar-refractivity contribution in [2.75, 3.05) is 0 Å². The molecule has 1 heterocycles. The van der Waals surface area contributed by atoms with Crippen molar-refractivity contribution in [3.63, 3.8) is 0 Å². The third-order valence-corrected chi connectivity index (χ3v) is 3.30. The number of aromatic amines is 1. The Hall–Kier alpha value is -2.26. The van der Waals surface area contributed by atoms with Gasteiger partial charge in [-0.1, -0.05) is 41.9 Å². The van der Waals surface area contributed by atoms with Gasteiger partial charge in [0.25, 0.3) is 0 Å². The van der Waals surface area contributed by atoms with Gasteiger partial charge in [0.1, 0.15) is 0 Å². The second-order valence-electron chi connectivity index (χ2n) is 4.23. The molecule has 3 nitrogen and oxygen atoms in total. The maximum absolute atomic E-state index is 11.5. The van der Waals surface area contributed by atoms with Crippen LogP contribution in [0.25, 0.3) is 22.2 Å². The second-order valence-corrected chi connectivity index (χ2v) is 4.67. The SMILES string of the molecule is O=C(O)c1c(-c2ccc(Cl)cc2)[nH]c2ccccc12. The summed E-state index contributed by atoms with van der Waals surface area (Å²) < 4.78 is 0. The van der Waals surface area contributed by atoms with Crippen LogP contribution in [0, 0.1) is 0 Å². The van der Waals surface area contributed by atoms with Gasteiger partial charge in [0.05, 0.1) is 11.3 Å². The van der Waals surface area contributed by atoms with Crippen LogP contribution < -0.4 is 0 Å². The first-order valence-corrected chi connectivity index (χ1v) is 6.14. The molecule has 4 heteroatoms. The van der Waals surface area contributed by atoms with Gasteiger partial charge in [0.2, 0.25) is 0 Å². The van der Waals surface area contributed by atoms with E-state index in [2.05, 4.69) is 4.98 Å². The number of carbonyl (C=O) groups is 1. The molecule has 3 aromatic rings. The van der Waals surface area contributed by atoms with E-state index >= 15 is 0 Å². The molecule has 0 aliphatic carbocycles. The van der Waals surface area contributed by atoms with Crippen LogP contribution in [0.5, 0.6) is 0 Å². The number of hydrogen-bond acceptors (Lipinski definition) is 1. The molecule has 2 aromatic carbocycles. The van der Waals surface area contributed by atoms with E-state index in [1.807, 2.05) is 18.2 Å². The summed E-state index contributed by atoms with van der Waals surface area (Å²) in [7, 11) is 0. The van der Waals surface area contributed by atoms with Gasteiger partial charge >= 0.3 is 5.97 Å². The lowest BCUT2D eigenvalue weighted by Crippen LogP contribution is -1.97. The highest BCUT2D eigenvalue weighted by atomic mass is 35.5. The molecule has 0 spiro atoms. The van der Waals surface area contributed by atoms with Crippen molar-refractivity contribution in [1.82, 2.24) is 4.98 Å². The summed E-state index contributed by atoms with van der Waals surface area (Å²) in [6.45, 7) is 0. The molecule has 0 fully saturated rings. The predicted molar refractivity (Wildman–Crippen MR) is 75.7 cm³/mol. The highest BCUT2D eigenvalue weighted by Crippen LogP contribution is 2.30. The number of H-pyrrole nitrogens is 1. The molecule has 0 unspecified atom stereocenters. The van der Waals surface area contributed by atoms with Crippen LogP contribution in [0.15, 0.2) is 48.5 Å². The van der Waals surface area contributed by atoms with Crippen LogP contribution in [0.1, 0.15) is 10.4 Å². The van der Waals surface area contributed by atoms with Crippen molar-refractivity contribution in [2.24, 2.45) is 0 Å². The summed E-state index contributed by atoms with van der Waals surface area (Å²) in [4.78, 5) is 14.6. The van der Waals surface area contributed by atoms with Gasteiger partial charge in [0.15, 0.2) is 0 Å². The maximum Gasteiger partial charge on any atom is 0.338 e. The third-order valence-electron chi connectivity index (χ3n) is 3.05. The molecule has 94 valence electrons. The fourth-order valence-corrected chi connectivity index (χ4v) is 2.32. The molecule has 3 rings (SSSR count). The van der Waals surface area contributed by atoms with Crippen LogP contribution in [0.2, 0.25) is 5.02 Å². The van der Waals surface area contributed by atoms with Crippen LogP contribution >= 0.6 is 11.6 Å². The Morgan fingerprint density at radius 2 is 1.74 bits per heavy atom. The van der Waals surface area contributed by atoms with Crippen molar-refractivity contribution < 1.29 is 9.90 Å². The van der Waals surface area contributed by atoms with Crippen molar-refractivity contribution >= 4 is 28.5 Å². The Kier molecular flexibility index (Phi) is 2.76. The standard InChI is InChI=1S/C15H10ClNO2/c16-10-7-5-9(6-8-10)14-13(15(18)19)11-3-1-2-4-12(11)17-14/h1-8,17H,(H,18,19). The van der Waals surface area contributed by atoms with Crippen LogP contribution in [-0.2, 0) is 0 Å². The molecule has 0 saturated carbocycles. The smallest absolute Gasteiger partial charge is 0.338 e. The lowest BCUT2D eigenvalue weighted by atomic mass is 10.1. The van der Waals surface area contributed by atoms with Crippen molar-refractivity contribution in [2.45, 2.75) is 0 Å². The van der Waals surface area contributed by atoms with Gasteiger partial charge in [-0.2, -0.15) is 0 Å². The zero-order chi connectivity index (χ0) is 13.4. The van der Waals surface area contributed by atoms with E-state index in [1.165, 1.54) is 0 Å². The van der Waals surface area contributed by atoms with E-state index in [0.29, 0.717) is 16.1 Å². The molecule has 0 aliphatic rings. The first-order valence-electron chi connectivity index (χ1n) is 5.77. The molecule has 19 heavy (non-hydrogen) atoms. The monoisotopic (exact) mass is 271 g/mol. The molecule has 0 bridgehead atoms. The van der Waals surface area contributed by atoms with Crippen molar-refractivity contribution in [1.29, 1.82) is 0 Å². The maximum atomic E-state index is 11.5. The number of carboxylic acid groups (broad SMARTS) is 1. The number of halogens is 1. The Balaban J connectivity index is 2.31. The van der Waals surface area contributed by atoms with Crippen LogP contribution in [0.3, 0.4) is 0 Å².